The van der Waals surface area contributed by atoms with Gasteiger partial charge in [0.2, 0.25) is 5.78 Å². The van der Waals surface area contributed by atoms with Crippen molar-refractivity contribution in [3.05, 3.63) is 23.8 Å². The number of amides is 1. The zero-order valence-corrected chi connectivity index (χ0v) is 16.8. The van der Waals surface area contributed by atoms with Crippen molar-refractivity contribution in [3.63, 3.8) is 0 Å². The molecule has 1 atom stereocenters. The number of Topliss-reactive ketones (excluding diaryl/α,β-unsaturated/α-hetero) is 1. The summed E-state index contributed by atoms with van der Waals surface area (Å²) in [5, 5.41) is 2.39. The van der Waals surface area contributed by atoms with Gasteiger partial charge in [0.25, 0.3) is 0 Å². The Bertz CT molecular complexity index is 710. The minimum Gasteiger partial charge on any atom is -0.497 e. The van der Waals surface area contributed by atoms with Crippen molar-refractivity contribution >= 4 is 23.8 Å². The molecule has 0 saturated heterocycles. The van der Waals surface area contributed by atoms with E-state index >= 15 is 0 Å². The maximum atomic E-state index is 12.1. The maximum absolute atomic E-state index is 12.1. The summed E-state index contributed by atoms with van der Waals surface area (Å²) in [5.74, 6) is -1.31. The van der Waals surface area contributed by atoms with Gasteiger partial charge in [-0.25, -0.2) is 14.4 Å². The number of nitrogens with one attached hydrogen (secondary N) is 1. The summed E-state index contributed by atoms with van der Waals surface area (Å²) < 4.78 is 24.4. The van der Waals surface area contributed by atoms with Crippen molar-refractivity contribution in [2.45, 2.75) is 31.9 Å². The first kappa shape index (κ1) is 23.7. The lowest BCUT2D eigenvalue weighted by molar-refractivity contribution is -0.151. The zero-order chi connectivity index (χ0) is 21.8. The number of methoxy groups -OCH3 is 4. The number of carbonyl (C=O) groups excluding carboxylic acids is 4. The first-order valence-corrected chi connectivity index (χ1v) is 8.68. The lowest BCUT2D eigenvalue weighted by atomic mass is 10.1. The van der Waals surface area contributed by atoms with E-state index in [9.17, 15) is 19.2 Å². The van der Waals surface area contributed by atoms with Gasteiger partial charge in [0.15, 0.2) is 0 Å². The molecule has 0 unspecified atom stereocenters. The van der Waals surface area contributed by atoms with E-state index in [0.29, 0.717) is 17.1 Å². The van der Waals surface area contributed by atoms with Gasteiger partial charge in [-0.3, -0.25) is 4.79 Å². The molecule has 0 bridgehead atoms. The molecule has 160 valence electrons. The number of hydrogen-bond donors (Lipinski definition) is 1. The minimum absolute atomic E-state index is 0.0808. The molecule has 10 nitrogen and oxygen atoms in total. The SMILES string of the molecule is COC(=O)C(=O)CCC[C@H](NC(=O)OCc1cc(OC)cc(OC)c1)C(=O)OC. The van der Waals surface area contributed by atoms with Crippen molar-refractivity contribution in [2.24, 2.45) is 0 Å². The number of alkyl carbamates (subject to hydrolysis) is 1. The Hall–Kier alpha value is -3.30. The standard InChI is InChI=1S/C19H25NO9/c1-25-13-8-12(9-14(10-13)26-2)11-29-19(24)20-15(17(22)27-3)6-5-7-16(21)18(23)28-4/h8-10,15H,5-7,11H2,1-4H3,(H,20,24)/t15-/m0/s1. The van der Waals surface area contributed by atoms with Gasteiger partial charge in [0, 0.05) is 12.5 Å². The van der Waals surface area contributed by atoms with Crippen LogP contribution >= 0.6 is 0 Å². The van der Waals surface area contributed by atoms with Gasteiger partial charge in [0.05, 0.1) is 28.4 Å². The molecular formula is C19H25NO9. The van der Waals surface area contributed by atoms with Crippen LogP contribution in [0, 0.1) is 0 Å². The highest BCUT2D eigenvalue weighted by Crippen LogP contribution is 2.23. The van der Waals surface area contributed by atoms with Crippen molar-refractivity contribution in [1.82, 2.24) is 5.32 Å². The van der Waals surface area contributed by atoms with Crippen LogP contribution in [-0.2, 0) is 35.2 Å². The fraction of sp³-hybridized carbons (Fsp3) is 0.474. The molecule has 1 rings (SSSR count). The Kier molecular flexibility index (Phi) is 10.00. The quantitative estimate of drug-likeness (QED) is 0.326. The number of carbonyl (C=O) groups is 4. The fourth-order valence-corrected chi connectivity index (χ4v) is 2.36. The molecule has 0 spiro atoms. The molecular weight excluding hydrogens is 386 g/mol. The lowest BCUT2D eigenvalue weighted by Crippen LogP contribution is -2.41. The van der Waals surface area contributed by atoms with Gasteiger partial charge < -0.3 is 29.0 Å². The van der Waals surface area contributed by atoms with E-state index in [1.807, 2.05) is 0 Å². The highest BCUT2D eigenvalue weighted by Gasteiger charge is 2.23. The summed E-state index contributed by atoms with van der Waals surface area (Å²) in [6.07, 6.45) is -0.722. The van der Waals surface area contributed by atoms with Gasteiger partial charge >= 0.3 is 18.0 Å². The molecule has 1 aromatic carbocycles. The van der Waals surface area contributed by atoms with Gasteiger partial charge in [0.1, 0.15) is 24.1 Å². The predicted octanol–water partition coefficient (Wildman–Crippen LogP) is 1.38. The van der Waals surface area contributed by atoms with Crippen molar-refractivity contribution in [1.29, 1.82) is 0 Å². The van der Waals surface area contributed by atoms with Crippen molar-refractivity contribution in [2.75, 3.05) is 28.4 Å². The summed E-state index contributed by atoms with van der Waals surface area (Å²) in [6.45, 7) is -0.0892. The average Bonchev–Trinajstić information content (AvgIpc) is 2.75. The fourth-order valence-electron chi connectivity index (χ4n) is 2.36. The molecule has 29 heavy (non-hydrogen) atoms. The number of esters is 2. The third kappa shape index (κ3) is 8.08. The topological polar surface area (TPSA) is 126 Å². The van der Waals surface area contributed by atoms with E-state index in [-0.39, 0.29) is 25.9 Å². The lowest BCUT2D eigenvalue weighted by Gasteiger charge is -2.16. The van der Waals surface area contributed by atoms with Crippen LogP contribution in [0.25, 0.3) is 0 Å². The van der Waals surface area contributed by atoms with Crippen LogP contribution in [0.2, 0.25) is 0 Å². The largest absolute Gasteiger partial charge is 0.497 e. The zero-order valence-electron chi connectivity index (χ0n) is 16.8. The Labute approximate surface area is 168 Å². The van der Waals surface area contributed by atoms with E-state index in [1.54, 1.807) is 18.2 Å². The van der Waals surface area contributed by atoms with E-state index < -0.39 is 29.9 Å². The molecule has 1 aromatic rings. The van der Waals surface area contributed by atoms with E-state index in [2.05, 4.69) is 14.8 Å². The summed E-state index contributed by atoms with van der Waals surface area (Å²) in [4.78, 5) is 46.5. The van der Waals surface area contributed by atoms with E-state index in [0.717, 1.165) is 7.11 Å². The number of ether oxygens (including phenoxy) is 5. The van der Waals surface area contributed by atoms with Gasteiger partial charge in [-0.05, 0) is 30.5 Å². The second-order valence-corrected chi connectivity index (χ2v) is 5.82. The molecule has 0 heterocycles. The minimum atomic E-state index is -1.03. The van der Waals surface area contributed by atoms with Crippen LogP contribution < -0.4 is 14.8 Å². The van der Waals surface area contributed by atoms with Crippen molar-refractivity contribution < 1.29 is 42.9 Å². The van der Waals surface area contributed by atoms with E-state index in [1.165, 1.54) is 21.3 Å². The Morgan fingerprint density at radius 1 is 0.931 bits per heavy atom. The van der Waals surface area contributed by atoms with Crippen LogP contribution in [0.1, 0.15) is 24.8 Å². The molecule has 1 amide bonds. The number of ketones is 1. The molecule has 0 fully saturated rings. The molecule has 0 aromatic heterocycles. The molecule has 0 saturated carbocycles. The maximum Gasteiger partial charge on any atom is 0.408 e. The van der Waals surface area contributed by atoms with Crippen LogP contribution in [0.5, 0.6) is 11.5 Å². The van der Waals surface area contributed by atoms with Crippen LogP contribution in [-0.4, -0.2) is 58.3 Å². The first-order chi connectivity index (χ1) is 13.8. The van der Waals surface area contributed by atoms with Gasteiger partial charge in [-0.15, -0.1) is 0 Å². The molecule has 0 aliphatic heterocycles. The molecule has 0 aliphatic rings. The predicted molar refractivity (Wildman–Crippen MR) is 99.5 cm³/mol. The van der Waals surface area contributed by atoms with Crippen LogP contribution in [0.3, 0.4) is 0 Å². The Morgan fingerprint density at radius 3 is 2.07 bits per heavy atom. The summed E-state index contributed by atoms with van der Waals surface area (Å²) in [6, 6.07) is 3.99. The first-order valence-electron chi connectivity index (χ1n) is 8.68. The second-order valence-electron chi connectivity index (χ2n) is 5.82. The highest BCUT2D eigenvalue weighted by atomic mass is 16.6. The van der Waals surface area contributed by atoms with Crippen molar-refractivity contribution in [3.8, 4) is 11.5 Å². The number of hydrogen-bond acceptors (Lipinski definition) is 9. The Morgan fingerprint density at radius 2 is 1.55 bits per heavy atom. The number of rotatable bonds is 11. The van der Waals surface area contributed by atoms with E-state index in [4.69, 9.17) is 14.2 Å². The highest BCUT2D eigenvalue weighted by molar-refractivity contribution is 6.33. The second kappa shape index (κ2) is 12.2. The third-order valence-corrected chi connectivity index (χ3v) is 3.87. The normalized spacial score (nSPS) is 11.0. The third-order valence-electron chi connectivity index (χ3n) is 3.87. The summed E-state index contributed by atoms with van der Waals surface area (Å²) in [5.41, 5.74) is 0.620. The molecule has 10 heteroatoms. The summed E-state index contributed by atoms with van der Waals surface area (Å²) in [7, 11) is 5.27. The monoisotopic (exact) mass is 411 g/mol. The van der Waals surface area contributed by atoms with Gasteiger partial charge in [-0.2, -0.15) is 0 Å². The molecule has 1 N–H and O–H groups in total. The Balaban J connectivity index is 2.61. The summed E-state index contributed by atoms with van der Waals surface area (Å²) >= 11 is 0. The number of benzene rings is 1. The molecule has 0 radical (unpaired) electrons. The van der Waals surface area contributed by atoms with Gasteiger partial charge in [-0.1, -0.05) is 0 Å². The average molecular weight is 411 g/mol. The molecule has 0 aliphatic carbocycles. The van der Waals surface area contributed by atoms with Crippen LogP contribution in [0.15, 0.2) is 18.2 Å². The smallest absolute Gasteiger partial charge is 0.408 e. The van der Waals surface area contributed by atoms with Crippen LogP contribution in [0.4, 0.5) is 4.79 Å².